The number of hydrogen-bond acceptors (Lipinski definition) is 3. The van der Waals surface area contributed by atoms with Crippen LogP contribution in [0.4, 0.5) is 0 Å². The van der Waals surface area contributed by atoms with Crippen LogP contribution in [0.3, 0.4) is 0 Å². The van der Waals surface area contributed by atoms with Gasteiger partial charge in [-0.1, -0.05) is 12.5 Å². The van der Waals surface area contributed by atoms with E-state index in [-0.39, 0.29) is 11.5 Å². The van der Waals surface area contributed by atoms with Gasteiger partial charge in [-0.15, -0.1) is 0 Å². The summed E-state index contributed by atoms with van der Waals surface area (Å²) in [4.78, 5) is 13.8. The summed E-state index contributed by atoms with van der Waals surface area (Å²) >= 11 is 0. The lowest BCUT2D eigenvalue weighted by Crippen LogP contribution is -2.29. The van der Waals surface area contributed by atoms with E-state index < -0.39 is 0 Å². The molecule has 0 aromatic heterocycles. The van der Waals surface area contributed by atoms with Crippen molar-refractivity contribution in [3.8, 4) is 5.75 Å². The molecule has 0 atom stereocenters. The number of phenols is 1. The monoisotopic (exact) mass is 247 g/mol. The van der Waals surface area contributed by atoms with Crippen molar-refractivity contribution in [3.63, 3.8) is 0 Å². The Balaban J connectivity index is 2.23. The molecule has 1 fully saturated rings. The molecule has 1 aliphatic rings. The Morgan fingerprint density at radius 2 is 1.94 bits per heavy atom. The molecular formula is C15H21NO2. The summed E-state index contributed by atoms with van der Waals surface area (Å²) in [5.74, 6) is 0.0924. The number of piperidine rings is 1. The van der Waals surface area contributed by atoms with E-state index in [4.69, 9.17) is 0 Å². The van der Waals surface area contributed by atoms with E-state index in [0.717, 1.165) is 30.8 Å². The summed E-state index contributed by atoms with van der Waals surface area (Å²) in [6.45, 7) is 6.38. The summed E-state index contributed by atoms with van der Waals surface area (Å²) in [5, 5.41) is 10.2. The number of phenolic OH excluding ortho intramolecular Hbond substituents is 1. The van der Waals surface area contributed by atoms with Gasteiger partial charge in [0.25, 0.3) is 0 Å². The van der Waals surface area contributed by atoms with Gasteiger partial charge in [0, 0.05) is 12.1 Å². The van der Waals surface area contributed by atoms with Gasteiger partial charge in [-0.25, -0.2) is 0 Å². The zero-order chi connectivity index (χ0) is 13.1. The number of hydrogen-bond donors (Lipinski definition) is 1. The summed E-state index contributed by atoms with van der Waals surface area (Å²) in [7, 11) is 0. The number of likely N-dealkylation sites (tertiary alicyclic amines) is 1. The van der Waals surface area contributed by atoms with Crippen molar-refractivity contribution in [2.24, 2.45) is 0 Å². The largest absolute Gasteiger partial charge is 0.507 e. The minimum Gasteiger partial charge on any atom is -0.507 e. The molecule has 0 aliphatic carbocycles. The van der Waals surface area contributed by atoms with Crippen molar-refractivity contribution in [1.82, 2.24) is 4.90 Å². The molecule has 0 spiro atoms. The molecule has 0 radical (unpaired) electrons. The van der Waals surface area contributed by atoms with Crippen molar-refractivity contribution < 1.29 is 9.90 Å². The number of benzene rings is 1. The molecule has 1 aromatic rings. The summed E-state index contributed by atoms with van der Waals surface area (Å²) in [6, 6.07) is 3.74. The first kappa shape index (κ1) is 13.1. The lowest BCUT2D eigenvalue weighted by Gasteiger charge is -2.27. The second kappa shape index (κ2) is 5.53. The molecule has 1 aromatic carbocycles. The predicted molar refractivity (Wildman–Crippen MR) is 72.0 cm³/mol. The van der Waals surface area contributed by atoms with E-state index in [1.165, 1.54) is 26.2 Å². The number of aromatic hydroxyl groups is 1. The van der Waals surface area contributed by atoms with Crippen LogP contribution in [-0.4, -0.2) is 28.9 Å². The molecule has 3 nitrogen and oxygen atoms in total. The summed E-state index contributed by atoms with van der Waals surface area (Å²) in [5.41, 5.74) is 2.36. The number of ketones is 1. The van der Waals surface area contributed by atoms with Crippen LogP contribution in [0.5, 0.6) is 5.75 Å². The average Bonchev–Trinajstić information content (AvgIpc) is 2.34. The molecule has 18 heavy (non-hydrogen) atoms. The molecule has 1 aliphatic heterocycles. The third-order valence-corrected chi connectivity index (χ3v) is 3.56. The zero-order valence-corrected chi connectivity index (χ0v) is 11.2. The van der Waals surface area contributed by atoms with E-state index in [1.807, 2.05) is 13.0 Å². The Kier molecular flexibility index (Phi) is 4.02. The number of Topliss-reactive ketones (excluding diaryl/α,β-unsaturated/α-hetero) is 1. The van der Waals surface area contributed by atoms with Crippen LogP contribution in [-0.2, 0) is 6.54 Å². The van der Waals surface area contributed by atoms with Gasteiger partial charge in [0.05, 0.1) is 5.56 Å². The second-order valence-electron chi connectivity index (χ2n) is 5.21. The molecule has 1 saturated heterocycles. The lowest BCUT2D eigenvalue weighted by molar-refractivity contribution is 0.101. The fourth-order valence-corrected chi connectivity index (χ4v) is 2.60. The number of carbonyl (C=O) groups excluding carboxylic acids is 1. The standard InChI is InChI=1S/C15H21NO2/c1-11-8-13(10-16-6-4-3-5-7-16)15(18)14(9-11)12(2)17/h8-9,18H,3-7,10H2,1-2H3. The van der Waals surface area contributed by atoms with Crippen LogP contribution in [0.25, 0.3) is 0 Å². The van der Waals surface area contributed by atoms with Crippen LogP contribution in [0.1, 0.15) is 47.7 Å². The molecule has 98 valence electrons. The van der Waals surface area contributed by atoms with Gasteiger partial charge < -0.3 is 5.11 Å². The number of nitrogens with zero attached hydrogens (tertiary/aromatic N) is 1. The minimum absolute atomic E-state index is 0.0731. The third kappa shape index (κ3) is 2.91. The molecule has 0 unspecified atom stereocenters. The van der Waals surface area contributed by atoms with Gasteiger partial charge >= 0.3 is 0 Å². The van der Waals surface area contributed by atoms with E-state index in [2.05, 4.69) is 4.90 Å². The maximum absolute atomic E-state index is 11.5. The first-order valence-corrected chi connectivity index (χ1v) is 6.63. The van der Waals surface area contributed by atoms with Gasteiger partial charge in [0.2, 0.25) is 0 Å². The topological polar surface area (TPSA) is 40.5 Å². The van der Waals surface area contributed by atoms with Gasteiger partial charge in [-0.3, -0.25) is 9.69 Å². The number of carbonyl (C=O) groups is 1. The van der Waals surface area contributed by atoms with Crippen LogP contribution in [0.15, 0.2) is 12.1 Å². The first-order chi connectivity index (χ1) is 8.58. The van der Waals surface area contributed by atoms with Gasteiger partial charge in [0.1, 0.15) is 5.75 Å². The molecular weight excluding hydrogens is 226 g/mol. The van der Waals surface area contributed by atoms with Crippen LogP contribution in [0, 0.1) is 6.92 Å². The third-order valence-electron chi connectivity index (χ3n) is 3.56. The Labute approximate surface area is 108 Å². The van der Waals surface area contributed by atoms with Gasteiger partial charge in [-0.05, 0) is 51.4 Å². The lowest BCUT2D eigenvalue weighted by atomic mass is 10.0. The Morgan fingerprint density at radius 1 is 1.28 bits per heavy atom. The Bertz CT molecular complexity index is 448. The highest BCUT2D eigenvalue weighted by Crippen LogP contribution is 2.27. The van der Waals surface area contributed by atoms with Crippen LogP contribution < -0.4 is 0 Å². The molecule has 0 amide bonds. The molecule has 1 N–H and O–H groups in total. The fraction of sp³-hybridized carbons (Fsp3) is 0.533. The smallest absolute Gasteiger partial charge is 0.163 e. The van der Waals surface area contributed by atoms with E-state index in [0.29, 0.717) is 5.56 Å². The second-order valence-corrected chi connectivity index (χ2v) is 5.21. The van der Waals surface area contributed by atoms with Crippen molar-refractivity contribution in [2.45, 2.75) is 39.7 Å². The molecule has 3 heteroatoms. The minimum atomic E-state index is -0.0731. The van der Waals surface area contributed by atoms with Crippen LogP contribution in [0.2, 0.25) is 0 Å². The van der Waals surface area contributed by atoms with E-state index in [9.17, 15) is 9.90 Å². The van der Waals surface area contributed by atoms with Crippen LogP contribution >= 0.6 is 0 Å². The normalized spacial score (nSPS) is 16.8. The van der Waals surface area contributed by atoms with Crippen molar-refractivity contribution in [1.29, 1.82) is 0 Å². The molecule has 2 rings (SSSR count). The Morgan fingerprint density at radius 3 is 2.56 bits per heavy atom. The maximum Gasteiger partial charge on any atom is 0.163 e. The highest BCUT2D eigenvalue weighted by atomic mass is 16.3. The van der Waals surface area contributed by atoms with Gasteiger partial charge in [0.15, 0.2) is 5.78 Å². The highest BCUT2D eigenvalue weighted by Gasteiger charge is 2.16. The first-order valence-electron chi connectivity index (χ1n) is 6.63. The Hall–Kier alpha value is -1.35. The summed E-state index contributed by atoms with van der Waals surface area (Å²) < 4.78 is 0. The number of rotatable bonds is 3. The van der Waals surface area contributed by atoms with E-state index >= 15 is 0 Å². The van der Waals surface area contributed by atoms with Crippen molar-refractivity contribution >= 4 is 5.78 Å². The van der Waals surface area contributed by atoms with E-state index in [1.54, 1.807) is 6.07 Å². The quantitative estimate of drug-likeness (QED) is 0.835. The maximum atomic E-state index is 11.5. The molecule has 0 saturated carbocycles. The molecule has 0 bridgehead atoms. The van der Waals surface area contributed by atoms with Crippen molar-refractivity contribution in [2.75, 3.05) is 13.1 Å². The van der Waals surface area contributed by atoms with Crippen molar-refractivity contribution in [3.05, 3.63) is 28.8 Å². The zero-order valence-electron chi connectivity index (χ0n) is 11.2. The van der Waals surface area contributed by atoms with Gasteiger partial charge in [-0.2, -0.15) is 0 Å². The predicted octanol–water partition coefficient (Wildman–Crippen LogP) is 2.89. The molecule has 1 heterocycles. The number of aryl methyl sites for hydroxylation is 1. The summed E-state index contributed by atoms with van der Waals surface area (Å²) in [6.07, 6.45) is 3.76. The average molecular weight is 247 g/mol. The fourth-order valence-electron chi connectivity index (χ4n) is 2.60. The highest BCUT2D eigenvalue weighted by molar-refractivity contribution is 5.97. The SMILES string of the molecule is CC(=O)c1cc(C)cc(CN2CCCCC2)c1O.